The molecule has 2 N–H and O–H groups in total. The minimum absolute atomic E-state index is 0.0121. The van der Waals surface area contributed by atoms with E-state index in [1.807, 2.05) is 18.2 Å². The molecule has 53 heavy (non-hydrogen) atoms. The number of sulfone groups is 1. The minimum Gasteiger partial charge on any atom is -0.453 e. The van der Waals surface area contributed by atoms with Gasteiger partial charge in [0.15, 0.2) is 0 Å². The Labute approximate surface area is 313 Å². The summed E-state index contributed by atoms with van der Waals surface area (Å²) in [6, 6.07) is 20.3. The predicted molar refractivity (Wildman–Crippen MR) is 202 cm³/mol. The maximum atomic E-state index is 15.0. The molecule has 0 radical (unpaired) electrons. The molecule has 1 saturated carbocycles. The monoisotopic (exact) mass is 745 g/mol. The smallest absolute Gasteiger partial charge is 0.407 e. The van der Waals surface area contributed by atoms with Crippen LogP contribution in [0.1, 0.15) is 54.4 Å². The molecule has 10 nitrogen and oxygen atoms in total. The highest BCUT2D eigenvalue weighted by Crippen LogP contribution is 2.51. The SMILES string of the molecule is CNC(=O)c1ccc(S(=O)(=O)c2ccc(N3CC(CN4CCC([C@@](CN5CCC5)(c5cccc(F)c5)[C@H]5CCC[C@@H]5NC(=O)OC)CC4)C3)cc2)cc1. The molecule has 284 valence electrons. The van der Waals surface area contributed by atoms with E-state index in [9.17, 15) is 22.4 Å². The molecule has 3 aliphatic heterocycles. The standard InChI is InChI=1S/C41H52FN5O5S/c1-43-39(48)30-10-14-35(15-11-30)53(50,51)36-16-12-34(13-17-36)47-26-29(27-47)25-45-22-18-31(19-23-45)41(28-46-20-5-21-46,32-6-3-7-33(42)24-32)37-8-4-9-38(37)44-40(49)52-2/h3,6-7,10-17,24,29,31,37-38H,4-5,8-9,18-23,25-28H2,1-2H3,(H,43,48)(H,44,49)/t37-,38-,41-/m0/s1. The van der Waals surface area contributed by atoms with Crippen molar-refractivity contribution in [3.05, 3.63) is 89.7 Å². The Kier molecular flexibility index (Phi) is 11.1. The van der Waals surface area contributed by atoms with Gasteiger partial charge >= 0.3 is 6.09 Å². The normalized spacial score (nSPS) is 22.7. The number of piperidine rings is 1. The number of carbonyl (C=O) groups is 2. The van der Waals surface area contributed by atoms with Crippen molar-refractivity contribution in [3.8, 4) is 0 Å². The highest BCUT2D eigenvalue weighted by Gasteiger charge is 2.53. The average Bonchev–Trinajstić information content (AvgIpc) is 3.61. The molecule has 1 aliphatic carbocycles. The lowest BCUT2D eigenvalue weighted by atomic mass is 9.57. The van der Waals surface area contributed by atoms with Crippen LogP contribution in [0.2, 0.25) is 0 Å². The highest BCUT2D eigenvalue weighted by molar-refractivity contribution is 7.91. The largest absolute Gasteiger partial charge is 0.453 e. The Morgan fingerprint density at radius 3 is 2.15 bits per heavy atom. The van der Waals surface area contributed by atoms with Gasteiger partial charge in [-0.1, -0.05) is 18.6 Å². The van der Waals surface area contributed by atoms with Gasteiger partial charge in [-0.05, 0) is 136 Å². The fourth-order valence-corrected chi connectivity index (χ4v) is 10.8. The van der Waals surface area contributed by atoms with Gasteiger partial charge in [0.2, 0.25) is 9.84 Å². The van der Waals surface area contributed by atoms with Crippen LogP contribution in [-0.2, 0) is 20.0 Å². The van der Waals surface area contributed by atoms with Crippen LogP contribution in [-0.4, -0.2) is 103 Å². The Hall–Kier alpha value is -4.00. The summed E-state index contributed by atoms with van der Waals surface area (Å²) in [5, 5.41) is 5.72. The van der Waals surface area contributed by atoms with E-state index in [0.717, 1.165) is 95.7 Å². The molecule has 12 heteroatoms. The number of hydrogen-bond donors (Lipinski definition) is 2. The van der Waals surface area contributed by atoms with Crippen LogP contribution >= 0.6 is 0 Å². The number of benzene rings is 3. The Balaban J connectivity index is 0.990. The van der Waals surface area contributed by atoms with Gasteiger partial charge in [0, 0.05) is 61.9 Å². The summed E-state index contributed by atoms with van der Waals surface area (Å²) in [7, 11) is -0.755. The van der Waals surface area contributed by atoms with Gasteiger partial charge in [0.1, 0.15) is 5.82 Å². The van der Waals surface area contributed by atoms with Crippen LogP contribution in [0.4, 0.5) is 14.9 Å². The zero-order valence-corrected chi connectivity index (χ0v) is 31.6. The minimum atomic E-state index is -3.71. The Morgan fingerprint density at radius 2 is 1.55 bits per heavy atom. The number of carbonyl (C=O) groups excluding carboxylic acids is 2. The maximum Gasteiger partial charge on any atom is 0.407 e. The fourth-order valence-electron chi connectivity index (χ4n) is 9.53. The summed E-state index contributed by atoms with van der Waals surface area (Å²) in [5.74, 6) is 0.596. The topological polar surface area (TPSA) is 111 Å². The molecular formula is C41H52FN5O5S. The zero-order chi connectivity index (χ0) is 37.2. The average molecular weight is 746 g/mol. The molecule has 0 spiro atoms. The first-order valence-electron chi connectivity index (χ1n) is 19.1. The van der Waals surface area contributed by atoms with Crippen LogP contribution in [0, 0.1) is 23.6 Å². The molecule has 2 amide bonds. The number of alkyl carbamates (subject to hydrolysis) is 1. The first kappa shape index (κ1) is 37.3. The van der Waals surface area contributed by atoms with Gasteiger partial charge in [-0.25, -0.2) is 17.6 Å². The highest BCUT2D eigenvalue weighted by atomic mass is 32.2. The van der Waals surface area contributed by atoms with Crippen LogP contribution < -0.4 is 15.5 Å². The predicted octanol–water partition coefficient (Wildman–Crippen LogP) is 5.33. The summed E-state index contributed by atoms with van der Waals surface area (Å²) in [6.07, 6.45) is 5.76. The van der Waals surface area contributed by atoms with Crippen molar-refractivity contribution in [1.82, 2.24) is 20.4 Å². The molecule has 3 aromatic rings. The molecule has 3 saturated heterocycles. The number of amides is 2. The number of nitrogens with one attached hydrogen (secondary N) is 2. The Morgan fingerprint density at radius 1 is 0.868 bits per heavy atom. The summed E-state index contributed by atoms with van der Waals surface area (Å²) in [5.41, 5.74) is 2.20. The number of rotatable bonds is 12. The number of anilines is 1. The second kappa shape index (κ2) is 15.8. The first-order chi connectivity index (χ1) is 25.6. The second-order valence-corrected chi connectivity index (χ2v) is 17.4. The molecule has 0 unspecified atom stereocenters. The second-order valence-electron chi connectivity index (χ2n) is 15.4. The van der Waals surface area contributed by atoms with Gasteiger partial charge in [-0.2, -0.15) is 0 Å². The van der Waals surface area contributed by atoms with E-state index in [1.54, 1.807) is 18.2 Å². The summed E-state index contributed by atoms with van der Waals surface area (Å²) >= 11 is 0. The number of hydrogen-bond acceptors (Lipinski definition) is 8. The zero-order valence-electron chi connectivity index (χ0n) is 30.8. The van der Waals surface area contributed by atoms with Crippen molar-refractivity contribution >= 4 is 27.5 Å². The molecule has 0 bridgehead atoms. The van der Waals surface area contributed by atoms with Crippen molar-refractivity contribution in [2.24, 2.45) is 17.8 Å². The van der Waals surface area contributed by atoms with Gasteiger partial charge in [0.05, 0.1) is 16.9 Å². The Bertz CT molecular complexity index is 1860. The lowest BCUT2D eigenvalue weighted by molar-refractivity contribution is 0.0223. The molecule has 4 fully saturated rings. The third kappa shape index (κ3) is 7.68. The van der Waals surface area contributed by atoms with Crippen molar-refractivity contribution in [2.75, 3.05) is 71.4 Å². The lowest BCUT2D eigenvalue weighted by Crippen LogP contribution is -2.60. The van der Waals surface area contributed by atoms with E-state index in [0.29, 0.717) is 17.4 Å². The van der Waals surface area contributed by atoms with E-state index in [1.165, 1.54) is 50.9 Å². The summed E-state index contributed by atoms with van der Waals surface area (Å²) < 4.78 is 46.5. The third-order valence-electron chi connectivity index (χ3n) is 12.4. The number of methoxy groups -OCH3 is 1. The van der Waals surface area contributed by atoms with Crippen molar-refractivity contribution in [2.45, 2.75) is 59.8 Å². The molecule has 7 rings (SSSR count). The lowest BCUT2D eigenvalue weighted by Gasteiger charge is -2.54. The number of likely N-dealkylation sites (tertiary alicyclic amines) is 2. The van der Waals surface area contributed by atoms with E-state index in [4.69, 9.17) is 4.74 Å². The van der Waals surface area contributed by atoms with Crippen molar-refractivity contribution < 1.29 is 27.1 Å². The van der Waals surface area contributed by atoms with Gasteiger partial charge < -0.3 is 30.1 Å². The molecule has 3 aromatic carbocycles. The van der Waals surface area contributed by atoms with Gasteiger partial charge in [-0.3, -0.25) is 4.79 Å². The summed E-state index contributed by atoms with van der Waals surface area (Å²) in [4.78, 5) is 32.1. The quantitative estimate of drug-likeness (QED) is 0.256. The van der Waals surface area contributed by atoms with Crippen molar-refractivity contribution in [3.63, 3.8) is 0 Å². The summed E-state index contributed by atoms with van der Waals surface area (Å²) in [6.45, 7) is 7.80. The van der Waals surface area contributed by atoms with Crippen molar-refractivity contribution in [1.29, 1.82) is 0 Å². The van der Waals surface area contributed by atoms with Gasteiger partial charge in [-0.15, -0.1) is 0 Å². The van der Waals surface area contributed by atoms with Gasteiger partial charge in [0.25, 0.3) is 5.91 Å². The molecule has 0 aromatic heterocycles. The number of halogens is 1. The van der Waals surface area contributed by atoms with E-state index in [-0.39, 0.29) is 38.9 Å². The van der Waals surface area contributed by atoms with E-state index >= 15 is 0 Å². The molecule has 3 heterocycles. The van der Waals surface area contributed by atoms with E-state index < -0.39 is 15.9 Å². The van der Waals surface area contributed by atoms with Crippen LogP contribution in [0.15, 0.2) is 82.6 Å². The van der Waals surface area contributed by atoms with Crippen LogP contribution in [0.5, 0.6) is 0 Å². The molecule has 4 aliphatic rings. The van der Waals surface area contributed by atoms with Crippen LogP contribution in [0.3, 0.4) is 0 Å². The molecular weight excluding hydrogens is 694 g/mol. The molecule has 3 atom stereocenters. The fraction of sp³-hybridized carbons (Fsp3) is 0.512. The van der Waals surface area contributed by atoms with E-state index in [2.05, 4.69) is 31.4 Å². The third-order valence-corrected chi connectivity index (χ3v) is 14.2. The number of ether oxygens (including phenoxy) is 1. The van der Waals surface area contributed by atoms with Crippen LogP contribution in [0.25, 0.3) is 0 Å². The number of nitrogens with zero attached hydrogens (tertiary/aromatic N) is 3. The maximum absolute atomic E-state index is 15.0. The first-order valence-corrected chi connectivity index (χ1v) is 20.6.